The lowest BCUT2D eigenvalue weighted by Gasteiger charge is -2.36. The number of aromatic nitrogens is 1. The van der Waals surface area contributed by atoms with E-state index in [0.717, 1.165) is 37.8 Å². The minimum absolute atomic E-state index is 0.0450. The number of nitrogens with one attached hydrogen (secondary N) is 1. The highest BCUT2D eigenvalue weighted by atomic mass is 16.6. The third kappa shape index (κ3) is 3.70. The number of hydrogen-bond acceptors (Lipinski definition) is 3. The van der Waals surface area contributed by atoms with Crippen molar-refractivity contribution in [2.45, 2.75) is 70.3 Å². The van der Waals surface area contributed by atoms with Crippen LogP contribution in [0.25, 0.3) is 0 Å². The zero-order valence-electron chi connectivity index (χ0n) is 13.6. The fourth-order valence-electron chi connectivity index (χ4n) is 3.34. The van der Waals surface area contributed by atoms with Gasteiger partial charge in [0.15, 0.2) is 0 Å². The molecule has 1 aromatic rings. The summed E-state index contributed by atoms with van der Waals surface area (Å²) >= 11 is 0. The maximum Gasteiger partial charge on any atom is 0.340 e. The number of carbonyl (C=O) groups is 2. The Labute approximate surface area is 131 Å². The van der Waals surface area contributed by atoms with E-state index in [4.69, 9.17) is 4.74 Å². The van der Waals surface area contributed by atoms with Gasteiger partial charge in [0.1, 0.15) is 5.60 Å². The number of carboxylic acids is 1. The van der Waals surface area contributed by atoms with Crippen LogP contribution in [-0.2, 0) is 14.9 Å². The summed E-state index contributed by atoms with van der Waals surface area (Å²) < 4.78 is 5.46. The van der Waals surface area contributed by atoms with Gasteiger partial charge in [-0.05, 0) is 39.7 Å². The maximum absolute atomic E-state index is 12.4. The van der Waals surface area contributed by atoms with E-state index in [1.807, 2.05) is 20.8 Å². The molecule has 5 heteroatoms. The summed E-state index contributed by atoms with van der Waals surface area (Å²) in [5, 5.41) is 9.32. The van der Waals surface area contributed by atoms with Crippen LogP contribution in [0.4, 0.5) is 0 Å². The molecule has 0 radical (unpaired) electrons. The Hall–Kier alpha value is -1.78. The highest BCUT2D eigenvalue weighted by molar-refractivity contribution is 5.91. The molecule has 1 saturated carbocycles. The average Bonchev–Trinajstić information content (AvgIpc) is 2.86. The molecule has 0 unspecified atom stereocenters. The number of hydrogen-bond donors (Lipinski definition) is 2. The lowest BCUT2D eigenvalue weighted by Crippen LogP contribution is -2.34. The summed E-state index contributed by atoms with van der Waals surface area (Å²) in [6.45, 7) is 5.47. The molecular weight excluding hydrogens is 282 g/mol. The highest BCUT2D eigenvalue weighted by Gasteiger charge is 2.40. The predicted octanol–water partition coefficient (Wildman–Crippen LogP) is 3.65. The minimum Gasteiger partial charge on any atom is -0.481 e. The monoisotopic (exact) mass is 307 g/mol. The molecule has 1 heterocycles. The predicted molar refractivity (Wildman–Crippen MR) is 83.0 cm³/mol. The zero-order chi connectivity index (χ0) is 16.4. The van der Waals surface area contributed by atoms with Crippen LogP contribution >= 0.6 is 0 Å². The first kappa shape index (κ1) is 16.6. The van der Waals surface area contributed by atoms with Crippen molar-refractivity contribution in [3.63, 3.8) is 0 Å². The van der Waals surface area contributed by atoms with E-state index in [2.05, 4.69) is 4.98 Å². The molecule has 0 saturated heterocycles. The fraction of sp³-hybridized carbons (Fsp3) is 0.647. The van der Waals surface area contributed by atoms with Gasteiger partial charge in [-0.3, -0.25) is 4.79 Å². The van der Waals surface area contributed by atoms with Crippen LogP contribution in [-0.4, -0.2) is 27.6 Å². The number of aliphatic carboxylic acids is 1. The van der Waals surface area contributed by atoms with Gasteiger partial charge in [0.05, 0.1) is 12.0 Å². The van der Waals surface area contributed by atoms with Crippen molar-refractivity contribution in [2.24, 2.45) is 0 Å². The normalized spacial score (nSPS) is 18.0. The highest BCUT2D eigenvalue weighted by Crippen LogP contribution is 2.43. The summed E-state index contributed by atoms with van der Waals surface area (Å²) in [4.78, 5) is 26.9. The molecule has 0 spiro atoms. The van der Waals surface area contributed by atoms with Gasteiger partial charge in [0.2, 0.25) is 0 Å². The second kappa shape index (κ2) is 6.15. The van der Waals surface area contributed by atoms with Gasteiger partial charge in [-0.1, -0.05) is 19.3 Å². The van der Waals surface area contributed by atoms with E-state index in [-0.39, 0.29) is 12.4 Å². The van der Waals surface area contributed by atoms with Gasteiger partial charge in [-0.2, -0.15) is 0 Å². The van der Waals surface area contributed by atoms with Gasteiger partial charge in [0.25, 0.3) is 0 Å². The van der Waals surface area contributed by atoms with Crippen molar-refractivity contribution in [1.29, 1.82) is 0 Å². The van der Waals surface area contributed by atoms with E-state index in [1.165, 1.54) is 0 Å². The van der Waals surface area contributed by atoms with Crippen molar-refractivity contribution in [3.05, 3.63) is 23.5 Å². The van der Waals surface area contributed by atoms with Crippen molar-refractivity contribution in [3.8, 4) is 0 Å². The number of rotatable bonds is 4. The Balaban J connectivity index is 2.35. The lowest BCUT2D eigenvalue weighted by atomic mass is 9.68. The second-order valence-electron chi connectivity index (χ2n) is 7.18. The minimum atomic E-state index is -0.827. The summed E-state index contributed by atoms with van der Waals surface area (Å²) in [6, 6.07) is 1.70. The number of carboxylic acid groups (broad SMARTS) is 1. The molecule has 5 nitrogen and oxygen atoms in total. The standard InChI is InChI=1S/C17H25NO4/c1-16(2,3)22-15(21)12-7-10-18-14(12)17(11-13(19)20)8-5-4-6-9-17/h7,10,18H,4-6,8-9,11H2,1-3H3,(H,19,20). The first-order chi connectivity index (χ1) is 10.2. The van der Waals surface area contributed by atoms with Crippen LogP contribution in [0.15, 0.2) is 12.3 Å². The third-order valence-corrected chi connectivity index (χ3v) is 4.20. The molecule has 2 N–H and O–H groups in total. The first-order valence-electron chi connectivity index (χ1n) is 7.87. The smallest absolute Gasteiger partial charge is 0.340 e. The molecular formula is C17H25NO4. The Morgan fingerprint density at radius 2 is 1.91 bits per heavy atom. The Bertz CT molecular complexity index is 547. The van der Waals surface area contributed by atoms with E-state index in [1.54, 1.807) is 12.3 Å². The molecule has 0 aliphatic heterocycles. The van der Waals surface area contributed by atoms with Crippen molar-refractivity contribution in [1.82, 2.24) is 4.98 Å². The maximum atomic E-state index is 12.4. The lowest BCUT2D eigenvalue weighted by molar-refractivity contribution is -0.139. The summed E-state index contributed by atoms with van der Waals surface area (Å²) in [6.07, 6.45) is 6.41. The molecule has 122 valence electrons. The molecule has 0 bridgehead atoms. The number of H-pyrrole nitrogens is 1. The molecule has 1 aliphatic carbocycles. The first-order valence-corrected chi connectivity index (χ1v) is 7.87. The van der Waals surface area contributed by atoms with Gasteiger partial charge in [-0.15, -0.1) is 0 Å². The van der Waals surface area contributed by atoms with Crippen LogP contribution in [0.2, 0.25) is 0 Å². The summed E-state index contributed by atoms with van der Waals surface area (Å²) in [5.74, 6) is -1.22. The van der Waals surface area contributed by atoms with E-state index >= 15 is 0 Å². The fourth-order valence-corrected chi connectivity index (χ4v) is 3.34. The van der Waals surface area contributed by atoms with Gasteiger partial charge in [-0.25, -0.2) is 4.79 Å². The van der Waals surface area contributed by atoms with Crippen LogP contribution < -0.4 is 0 Å². The molecule has 2 rings (SSSR count). The Morgan fingerprint density at radius 1 is 1.27 bits per heavy atom. The topological polar surface area (TPSA) is 79.4 Å². The van der Waals surface area contributed by atoms with Gasteiger partial charge in [0, 0.05) is 17.3 Å². The molecule has 1 aliphatic rings. The average molecular weight is 307 g/mol. The SMILES string of the molecule is CC(C)(C)OC(=O)c1cc[nH]c1C1(CC(=O)O)CCCCC1. The zero-order valence-corrected chi connectivity index (χ0v) is 13.6. The summed E-state index contributed by atoms with van der Waals surface area (Å²) in [5.41, 5.74) is 0.139. The van der Waals surface area contributed by atoms with Crippen LogP contribution in [0.3, 0.4) is 0 Å². The van der Waals surface area contributed by atoms with Crippen molar-refractivity contribution in [2.75, 3.05) is 0 Å². The Morgan fingerprint density at radius 3 is 2.45 bits per heavy atom. The largest absolute Gasteiger partial charge is 0.481 e. The van der Waals surface area contributed by atoms with Crippen molar-refractivity contribution < 1.29 is 19.4 Å². The molecule has 0 atom stereocenters. The summed E-state index contributed by atoms with van der Waals surface area (Å²) in [7, 11) is 0. The van der Waals surface area contributed by atoms with Gasteiger partial charge >= 0.3 is 11.9 Å². The molecule has 0 amide bonds. The van der Waals surface area contributed by atoms with Crippen LogP contribution in [0, 0.1) is 0 Å². The number of esters is 1. The van der Waals surface area contributed by atoms with Crippen molar-refractivity contribution >= 4 is 11.9 Å². The van der Waals surface area contributed by atoms with Crippen LogP contribution in [0.1, 0.15) is 75.3 Å². The Kier molecular flexibility index (Phi) is 4.63. The molecule has 22 heavy (non-hydrogen) atoms. The molecule has 1 aromatic heterocycles. The molecule has 1 fully saturated rings. The quantitative estimate of drug-likeness (QED) is 0.832. The third-order valence-electron chi connectivity index (χ3n) is 4.20. The van der Waals surface area contributed by atoms with E-state index in [9.17, 15) is 14.7 Å². The van der Waals surface area contributed by atoms with E-state index < -0.39 is 17.0 Å². The number of aromatic amines is 1. The van der Waals surface area contributed by atoms with E-state index in [0.29, 0.717) is 5.56 Å². The second-order valence-corrected chi connectivity index (χ2v) is 7.18. The molecule has 0 aromatic carbocycles. The van der Waals surface area contributed by atoms with Gasteiger partial charge < -0.3 is 14.8 Å². The number of carbonyl (C=O) groups excluding carboxylic acids is 1. The number of ether oxygens (including phenoxy) is 1. The van der Waals surface area contributed by atoms with Crippen LogP contribution in [0.5, 0.6) is 0 Å².